The van der Waals surface area contributed by atoms with Crippen molar-refractivity contribution in [1.29, 1.82) is 0 Å². The van der Waals surface area contributed by atoms with Crippen LogP contribution in [0.1, 0.15) is 11.6 Å². The van der Waals surface area contributed by atoms with E-state index in [1.807, 2.05) is 12.1 Å². The summed E-state index contributed by atoms with van der Waals surface area (Å²) >= 11 is 9.44. The molecule has 0 aliphatic carbocycles. The summed E-state index contributed by atoms with van der Waals surface area (Å²) in [5, 5.41) is 7.58. The van der Waals surface area contributed by atoms with Crippen LogP contribution < -0.4 is 10.6 Å². The predicted molar refractivity (Wildman–Crippen MR) is 62.8 cm³/mol. The van der Waals surface area contributed by atoms with E-state index in [0.29, 0.717) is 6.04 Å². The maximum Gasteiger partial charge on any atom is 0.0448 e. The molecule has 2 N–H and O–H groups in total. The standard InChI is InChI=1S/C10H12BrClN2/c11-8-3-7(4-9(12)5-8)10-6-13-1-2-14-10/h3-5,10,13-14H,1-2,6H2/t10-/m1/s1. The second kappa shape index (κ2) is 4.62. The molecule has 1 atom stereocenters. The zero-order valence-corrected chi connectivity index (χ0v) is 10.0. The quantitative estimate of drug-likeness (QED) is 0.822. The average molecular weight is 276 g/mol. The Balaban J connectivity index is 2.21. The number of piperazine rings is 1. The van der Waals surface area contributed by atoms with Crippen LogP contribution in [0.3, 0.4) is 0 Å². The van der Waals surface area contributed by atoms with Crippen LogP contribution in [0.25, 0.3) is 0 Å². The van der Waals surface area contributed by atoms with Crippen molar-refractivity contribution in [3.63, 3.8) is 0 Å². The van der Waals surface area contributed by atoms with E-state index < -0.39 is 0 Å². The number of hydrogen-bond donors (Lipinski definition) is 2. The van der Waals surface area contributed by atoms with Gasteiger partial charge in [-0.05, 0) is 23.8 Å². The zero-order valence-electron chi connectivity index (χ0n) is 7.69. The van der Waals surface area contributed by atoms with Crippen LogP contribution in [0.5, 0.6) is 0 Å². The summed E-state index contributed by atoms with van der Waals surface area (Å²) in [7, 11) is 0. The van der Waals surface area contributed by atoms with Gasteiger partial charge in [-0.2, -0.15) is 0 Å². The van der Waals surface area contributed by atoms with Crippen molar-refractivity contribution in [2.75, 3.05) is 19.6 Å². The maximum absolute atomic E-state index is 5.99. The maximum atomic E-state index is 5.99. The molecule has 0 spiro atoms. The van der Waals surface area contributed by atoms with Crippen LogP contribution in [0.4, 0.5) is 0 Å². The first-order valence-corrected chi connectivity index (χ1v) is 5.83. The molecule has 76 valence electrons. The van der Waals surface area contributed by atoms with E-state index in [1.54, 1.807) is 0 Å². The molecule has 2 rings (SSSR count). The van der Waals surface area contributed by atoms with Crippen LogP contribution in [-0.2, 0) is 0 Å². The molecule has 4 heteroatoms. The molecular weight excluding hydrogens is 263 g/mol. The third kappa shape index (κ3) is 2.48. The number of hydrogen-bond acceptors (Lipinski definition) is 2. The second-order valence-electron chi connectivity index (χ2n) is 3.41. The van der Waals surface area contributed by atoms with Gasteiger partial charge in [0.2, 0.25) is 0 Å². The minimum atomic E-state index is 0.374. The lowest BCUT2D eigenvalue weighted by atomic mass is 10.1. The van der Waals surface area contributed by atoms with Gasteiger partial charge in [0, 0.05) is 35.2 Å². The number of rotatable bonds is 1. The van der Waals surface area contributed by atoms with Gasteiger partial charge in [0.05, 0.1) is 0 Å². The van der Waals surface area contributed by atoms with Crippen molar-refractivity contribution in [2.45, 2.75) is 6.04 Å². The fourth-order valence-corrected chi connectivity index (χ4v) is 2.55. The number of benzene rings is 1. The molecule has 0 saturated carbocycles. The summed E-state index contributed by atoms with van der Waals surface area (Å²) in [4.78, 5) is 0. The SMILES string of the molecule is Clc1cc(Br)cc([C@H]2CNCCN2)c1. The Bertz CT molecular complexity index is 304. The van der Waals surface area contributed by atoms with Crippen LogP contribution in [0.15, 0.2) is 22.7 Å². The second-order valence-corrected chi connectivity index (χ2v) is 4.77. The number of nitrogens with one attached hydrogen (secondary N) is 2. The summed E-state index contributed by atoms with van der Waals surface area (Å²) in [5.41, 5.74) is 1.23. The molecule has 2 nitrogen and oxygen atoms in total. The van der Waals surface area contributed by atoms with Crippen LogP contribution in [0.2, 0.25) is 5.02 Å². The Kier molecular flexibility index (Phi) is 3.44. The molecule has 0 bridgehead atoms. The van der Waals surface area contributed by atoms with Gasteiger partial charge >= 0.3 is 0 Å². The highest BCUT2D eigenvalue weighted by Crippen LogP contribution is 2.24. The van der Waals surface area contributed by atoms with Gasteiger partial charge in [-0.3, -0.25) is 0 Å². The monoisotopic (exact) mass is 274 g/mol. The third-order valence-corrected chi connectivity index (χ3v) is 3.00. The molecule has 0 radical (unpaired) electrons. The molecule has 0 unspecified atom stereocenters. The van der Waals surface area contributed by atoms with Crippen molar-refractivity contribution >= 4 is 27.5 Å². The average Bonchev–Trinajstić information content (AvgIpc) is 2.18. The first-order chi connectivity index (χ1) is 6.75. The normalized spacial score (nSPS) is 22.3. The third-order valence-electron chi connectivity index (χ3n) is 2.33. The lowest BCUT2D eigenvalue weighted by Gasteiger charge is -2.25. The molecule has 0 aromatic heterocycles. The smallest absolute Gasteiger partial charge is 0.0448 e. The molecule has 1 fully saturated rings. The predicted octanol–water partition coefficient (Wildman–Crippen LogP) is 2.34. The minimum Gasteiger partial charge on any atom is -0.314 e. The molecule has 1 aliphatic heterocycles. The molecule has 0 amide bonds. The van der Waals surface area contributed by atoms with Gasteiger partial charge in [-0.1, -0.05) is 27.5 Å². The molecular formula is C10H12BrClN2. The van der Waals surface area contributed by atoms with E-state index >= 15 is 0 Å². The van der Waals surface area contributed by atoms with E-state index in [2.05, 4.69) is 32.6 Å². The summed E-state index contributed by atoms with van der Waals surface area (Å²) in [6.45, 7) is 3.01. The topological polar surface area (TPSA) is 24.1 Å². The molecule has 14 heavy (non-hydrogen) atoms. The summed E-state index contributed by atoms with van der Waals surface area (Å²) in [5.74, 6) is 0. The Hall–Kier alpha value is -0.0900. The van der Waals surface area contributed by atoms with Crippen molar-refractivity contribution in [3.8, 4) is 0 Å². The fraction of sp³-hybridized carbons (Fsp3) is 0.400. The van der Waals surface area contributed by atoms with Crippen molar-refractivity contribution in [2.24, 2.45) is 0 Å². The van der Waals surface area contributed by atoms with E-state index in [9.17, 15) is 0 Å². The fourth-order valence-electron chi connectivity index (χ4n) is 1.67. The highest BCUT2D eigenvalue weighted by molar-refractivity contribution is 9.10. The molecule has 1 aromatic carbocycles. The van der Waals surface area contributed by atoms with E-state index in [1.165, 1.54) is 5.56 Å². The van der Waals surface area contributed by atoms with Crippen LogP contribution in [-0.4, -0.2) is 19.6 Å². The highest BCUT2D eigenvalue weighted by Gasteiger charge is 2.14. The van der Waals surface area contributed by atoms with Crippen molar-refractivity contribution < 1.29 is 0 Å². The summed E-state index contributed by atoms with van der Waals surface area (Å²) in [6, 6.07) is 6.40. The Morgan fingerprint density at radius 2 is 2.14 bits per heavy atom. The Labute approximate surface area is 97.2 Å². The Morgan fingerprint density at radius 1 is 1.29 bits per heavy atom. The molecule has 1 aromatic rings. The lowest BCUT2D eigenvalue weighted by molar-refractivity contribution is 0.430. The van der Waals surface area contributed by atoms with Crippen LogP contribution in [0, 0.1) is 0 Å². The van der Waals surface area contributed by atoms with Gasteiger partial charge in [0.1, 0.15) is 0 Å². The van der Waals surface area contributed by atoms with E-state index in [4.69, 9.17) is 11.6 Å². The van der Waals surface area contributed by atoms with Gasteiger partial charge in [-0.25, -0.2) is 0 Å². The Morgan fingerprint density at radius 3 is 2.79 bits per heavy atom. The minimum absolute atomic E-state index is 0.374. The first-order valence-electron chi connectivity index (χ1n) is 4.66. The summed E-state index contributed by atoms with van der Waals surface area (Å²) in [6.07, 6.45) is 0. The van der Waals surface area contributed by atoms with Crippen molar-refractivity contribution in [1.82, 2.24) is 10.6 Å². The van der Waals surface area contributed by atoms with E-state index in [-0.39, 0.29) is 0 Å². The zero-order chi connectivity index (χ0) is 9.97. The van der Waals surface area contributed by atoms with Crippen molar-refractivity contribution in [3.05, 3.63) is 33.3 Å². The van der Waals surface area contributed by atoms with Gasteiger partial charge in [0.25, 0.3) is 0 Å². The molecule has 1 saturated heterocycles. The van der Waals surface area contributed by atoms with Gasteiger partial charge in [-0.15, -0.1) is 0 Å². The summed E-state index contributed by atoms with van der Waals surface area (Å²) < 4.78 is 1.03. The van der Waals surface area contributed by atoms with Gasteiger partial charge < -0.3 is 10.6 Å². The largest absolute Gasteiger partial charge is 0.314 e. The van der Waals surface area contributed by atoms with Gasteiger partial charge in [0.15, 0.2) is 0 Å². The van der Waals surface area contributed by atoms with E-state index in [0.717, 1.165) is 29.1 Å². The highest BCUT2D eigenvalue weighted by atomic mass is 79.9. The number of halogens is 2. The first kappa shape index (κ1) is 10.4. The molecule has 1 aliphatic rings. The molecule has 1 heterocycles. The van der Waals surface area contributed by atoms with Crippen LogP contribution >= 0.6 is 27.5 Å². The lowest BCUT2D eigenvalue weighted by Crippen LogP contribution is -2.42.